The van der Waals surface area contributed by atoms with E-state index in [0.29, 0.717) is 19.1 Å². The summed E-state index contributed by atoms with van der Waals surface area (Å²) >= 11 is 0. The maximum atomic E-state index is 11.1. The number of nitrogens with zero attached hydrogens (tertiary/aromatic N) is 1. The molecule has 4 nitrogen and oxygen atoms in total. The first-order valence-corrected chi connectivity index (χ1v) is 5.26. The van der Waals surface area contributed by atoms with Crippen LogP contribution in [0.5, 0.6) is 0 Å². The number of ether oxygens (including phenoxy) is 1. The van der Waals surface area contributed by atoms with Gasteiger partial charge in [0.25, 0.3) is 0 Å². The van der Waals surface area contributed by atoms with Gasteiger partial charge in [-0.15, -0.1) is 0 Å². The van der Waals surface area contributed by atoms with Crippen LogP contribution in [0.2, 0.25) is 0 Å². The lowest BCUT2D eigenvalue weighted by Gasteiger charge is -2.37. The third-order valence-electron chi connectivity index (χ3n) is 3.10. The molecule has 4 heteroatoms. The number of hydrogen-bond donors (Lipinski definition) is 1. The first-order valence-electron chi connectivity index (χ1n) is 5.26. The number of morpholine rings is 1. The smallest absolute Gasteiger partial charge is 0.321 e. The van der Waals surface area contributed by atoms with Crippen LogP contribution in [0, 0.1) is 5.92 Å². The first-order chi connectivity index (χ1) is 6.70. The number of aliphatic carboxylic acids is 1. The fourth-order valence-corrected chi connectivity index (χ4v) is 2.18. The van der Waals surface area contributed by atoms with E-state index in [1.54, 1.807) is 0 Å². The summed E-state index contributed by atoms with van der Waals surface area (Å²) in [7, 11) is 0. The molecule has 0 aromatic heterocycles. The van der Waals surface area contributed by atoms with Crippen LogP contribution in [0.4, 0.5) is 0 Å². The van der Waals surface area contributed by atoms with E-state index < -0.39 is 5.97 Å². The summed E-state index contributed by atoms with van der Waals surface area (Å²) in [6.45, 7) is 4.13. The van der Waals surface area contributed by atoms with Crippen LogP contribution in [0.15, 0.2) is 0 Å². The number of hydrogen-bond acceptors (Lipinski definition) is 3. The summed E-state index contributed by atoms with van der Waals surface area (Å²) in [5, 5.41) is 9.17. The molecular formula is C10H17NO3. The Labute approximate surface area is 83.8 Å². The molecular weight excluding hydrogens is 182 g/mol. The van der Waals surface area contributed by atoms with Crippen LogP contribution in [-0.4, -0.2) is 47.8 Å². The molecule has 0 bridgehead atoms. The Balaban J connectivity index is 2.04. The predicted octanol–water partition coefficient (Wildman–Crippen LogP) is 0.570. The van der Waals surface area contributed by atoms with E-state index in [-0.39, 0.29) is 12.1 Å². The van der Waals surface area contributed by atoms with E-state index in [1.165, 1.54) is 0 Å². The molecule has 2 fully saturated rings. The minimum atomic E-state index is -0.666. The molecule has 0 amide bonds. The van der Waals surface area contributed by atoms with Crippen LogP contribution in [-0.2, 0) is 9.53 Å². The first kappa shape index (κ1) is 9.93. The standard InChI is InChI=1S/C10H17NO3/c1-7-6-14-5-4-11(7)9(10(12)13)8-2-3-8/h7-9H,2-6H2,1H3,(H,12,13). The van der Waals surface area contributed by atoms with Crippen molar-refractivity contribution in [2.75, 3.05) is 19.8 Å². The van der Waals surface area contributed by atoms with Crippen LogP contribution in [0.1, 0.15) is 19.8 Å². The lowest BCUT2D eigenvalue weighted by molar-refractivity contribution is -0.148. The molecule has 1 aliphatic heterocycles. The van der Waals surface area contributed by atoms with Crippen molar-refractivity contribution in [3.8, 4) is 0 Å². The van der Waals surface area contributed by atoms with Crippen molar-refractivity contribution in [3.05, 3.63) is 0 Å². The second kappa shape index (κ2) is 3.87. The summed E-state index contributed by atoms with van der Waals surface area (Å²) in [5.74, 6) is -0.283. The molecule has 1 saturated heterocycles. The highest BCUT2D eigenvalue weighted by molar-refractivity contribution is 5.74. The number of carbonyl (C=O) groups is 1. The van der Waals surface area contributed by atoms with E-state index in [2.05, 4.69) is 4.90 Å². The molecule has 2 rings (SSSR count). The third-order valence-corrected chi connectivity index (χ3v) is 3.10. The van der Waals surface area contributed by atoms with Crippen molar-refractivity contribution < 1.29 is 14.6 Å². The maximum Gasteiger partial charge on any atom is 0.321 e. The van der Waals surface area contributed by atoms with Gasteiger partial charge in [0.1, 0.15) is 6.04 Å². The van der Waals surface area contributed by atoms with Crippen molar-refractivity contribution in [2.45, 2.75) is 31.8 Å². The molecule has 0 radical (unpaired) electrons. The summed E-state index contributed by atoms with van der Waals surface area (Å²) in [6.07, 6.45) is 2.14. The Morgan fingerprint density at radius 3 is 2.79 bits per heavy atom. The molecule has 1 saturated carbocycles. The van der Waals surface area contributed by atoms with Gasteiger partial charge in [-0.3, -0.25) is 9.69 Å². The lowest BCUT2D eigenvalue weighted by atomic mass is 10.1. The van der Waals surface area contributed by atoms with E-state index in [1.807, 2.05) is 6.92 Å². The van der Waals surface area contributed by atoms with Gasteiger partial charge in [-0.2, -0.15) is 0 Å². The van der Waals surface area contributed by atoms with Crippen molar-refractivity contribution in [1.29, 1.82) is 0 Å². The van der Waals surface area contributed by atoms with Crippen LogP contribution in [0.25, 0.3) is 0 Å². The van der Waals surface area contributed by atoms with Crippen LogP contribution < -0.4 is 0 Å². The van der Waals surface area contributed by atoms with E-state index in [9.17, 15) is 9.90 Å². The monoisotopic (exact) mass is 199 g/mol. The number of carboxylic acids is 1. The fourth-order valence-electron chi connectivity index (χ4n) is 2.18. The maximum absolute atomic E-state index is 11.1. The molecule has 1 heterocycles. The second-order valence-corrected chi connectivity index (χ2v) is 4.28. The summed E-state index contributed by atoms with van der Waals surface area (Å²) < 4.78 is 5.31. The second-order valence-electron chi connectivity index (χ2n) is 4.28. The largest absolute Gasteiger partial charge is 0.480 e. The Bertz CT molecular complexity index is 227. The normalized spacial score (nSPS) is 31.4. The van der Waals surface area contributed by atoms with Gasteiger partial charge < -0.3 is 9.84 Å². The molecule has 14 heavy (non-hydrogen) atoms. The summed E-state index contributed by atoms with van der Waals surface area (Å²) in [5.41, 5.74) is 0. The van der Waals surface area contributed by atoms with Crippen molar-refractivity contribution in [1.82, 2.24) is 4.90 Å². The van der Waals surface area contributed by atoms with Crippen molar-refractivity contribution in [3.63, 3.8) is 0 Å². The number of rotatable bonds is 3. The van der Waals surface area contributed by atoms with Crippen LogP contribution >= 0.6 is 0 Å². The SMILES string of the molecule is CC1COCCN1C(C(=O)O)C1CC1. The average Bonchev–Trinajstić information content (AvgIpc) is 2.92. The highest BCUT2D eigenvalue weighted by atomic mass is 16.5. The third kappa shape index (κ3) is 1.91. The zero-order valence-electron chi connectivity index (χ0n) is 8.48. The zero-order valence-corrected chi connectivity index (χ0v) is 8.48. The fraction of sp³-hybridized carbons (Fsp3) is 0.900. The quantitative estimate of drug-likeness (QED) is 0.722. The Hall–Kier alpha value is -0.610. The predicted molar refractivity (Wildman–Crippen MR) is 51.1 cm³/mol. The summed E-state index contributed by atoms with van der Waals surface area (Å²) in [6, 6.07) is -0.0284. The van der Waals surface area contributed by atoms with Gasteiger partial charge in [0.15, 0.2) is 0 Å². The van der Waals surface area contributed by atoms with E-state index in [0.717, 1.165) is 19.4 Å². The van der Waals surface area contributed by atoms with Gasteiger partial charge >= 0.3 is 5.97 Å². The zero-order chi connectivity index (χ0) is 10.1. The van der Waals surface area contributed by atoms with Gasteiger partial charge in [0, 0.05) is 12.6 Å². The average molecular weight is 199 g/mol. The Kier molecular flexibility index (Phi) is 2.74. The molecule has 1 aliphatic carbocycles. The van der Waals surface area contributed by atoms with Gasteiger partial charge in [-0.1, -0.05) is 0 Å². The minimum absolute atomic E-state index is 0.241. The summed E-state index contributed by atoms with van der Waals surface area (Å²) in [4.78, 5) is 13.2. The molecule has 2 aliphatic rings. The molecule has 2 atom stereocenters. The van der Waals surface area contributed by atoms with E-state index >= 15 is 0 Å². The van der Waals surface area contributed by atoms with Gasteiger partial charge in [-0.25, -0.2) is 0 Å². The molecule has 2 unspecified atom stereocenters. The molecule has 80 valence electrons. The van der Waals surface area contributed by atoms with Crippen molar-refractivity contribution >= 4 is 5.97 Å². The van der Waals surface area contributed by atoms with Gasteiger partial charge in [0.2, 0.25) is 0 Å². The lowest BCUT2D eigenvalue weighted by Crippen LogP contribution is -2.53. The minimum Gasteiger partial charge on any atom is -0.480 e. The van der Waals surface area contributed by atoms with Crippen LogP contribution in [0.3, 0.4) is 0 Å². The molecule has 1 N–H and O–H groups in total. The molecule has 0 spiro atoms. The highest BCUT2D eigenvalue weighted by Crippen LogP contribution is 2.36. The number of carboxylic acid groups (broad SMARTS) is 1. The van der Waals surface area contributed by atoms with Gasteiger partial charge in [-0.05, 0) is 25.7 Å². The highest BCUT2D eigenvalue weighted by Gasteiger charge is 2.42. The van der Waals surface area contributed by atoms with E-state index in [4.69, 9.17) is 4.74 Å². The molecule has 0 aromatic rings. The Morgan fingerprint density at radius 2 is 2.29 bits per heavy atom. The molecule has 0 aromatic carbocycles. The van der Waals surface area contributed by atoms with Crippen molar-refractivity contribution in [2.24, 2.45) is 5.92 Å². The topological polar surface area (TPSA) is 49.8 Å². The van der Waals surface area contributed by atoms with Gasteiger partial charge in [0.05, 0.1) is 13.2 Å². The Morgan fingerprint density at radius 1 is 1.57 bits per heavy atom.